The smallest absolute Gasteiger partial charge is 0.0296 e. The van der Waals surface area contributed by atoms with Gasteiger partial charge in [0, 0.05) is 12.2 Å². The van der Waals surface area contributed by atoms with Crippen LogP contribution in [0.15, 0.2) is 23.9 Å². The second kappa shape index (κ2) is 9.50. The maximum Gasteiger partial charge on any atom is 0.0296 e. The lowest BCUT2D eigenvalue weighted by molar-refractivity contribution is 0.579. The van der Waals surface area contributed by atoms with Crippen molar-refractivity contribution in [1.29, 1.82) is 0 Å². The molecule has 1 aliphatic carbocycles. The van der Waals surface area contributed by atoms with E-state index >= 15 is 0 Å². The molecule has 0 fully saturated rings. The summed E-state index contributed by atoms with van der Waals surface area (Å²) in [5.41, 5.74) is 1.33. The lowest BCUT2D eigenvalue weighted by atomic mass is 10.1. The van der Waals surface area contributed by atoms with Gasteiger partial charge in [0.2, 0.25) is 0 Å². The highest BCUT2D eigenvalue weighted by Crippen LogP contribution is 2.08. The Balaban J connectivity index is 1.84. The molecule has 1 aliphatic rings. The highest BCUT2D eigenvalue weighted by Gasteiger charge is 1.95. The Kier molecular flexibility index (Phi) is 7.93. The van der Waals surface area contributed by atoms with Crippen molar-refractivity contribution in [3.63, 3.8) is 0 Å². The molecule has 1 heteroatoms. The molecular weight excluding hydrogens is 194 g/mol. The number of nitrogens with one attached hydrogen (secondary N) is 1. The second-order valence-electron chi connectivity index (χ2n) is 4.69. The minimum absolute atomic E-state index is 1.14. The summed E-state index contributed by atoms with van der Waals surface area (Å²) >= 11 is 0. The van der Waals surface area contributed by atoms with Crippen LogP contribution in [0.4, 0.5) is 0 Å². The highest BCUT2D eigenvalue weighted by molar-refractivity contribution is 5.19. The van der Waals surface area contributed by atoms with E-state index in [4.69, 9.17) is 0 Å². The van der Waals surface area contributed by atoms with E-state index in [0.29, 0.717) is 0 Å². The number of rotatable bonds is 9. The van der Waals surface area contributed by atoms with Crippen molar-refractivity contribution in [2.24, 2.45) is 0 Å². The van der Waals surface area contributed by atoms with E-state index < -0.39 is 0 Å². The standard InChI is InChI=1S/C15H27N/c1-2-3-4-5-6-7-11-14-16-15-12-9-8-10-13-15/h9,12-13,16H,2-8,10-11,14H2,1H3. The molecule has 0 aromatic carbocycles. The largest absolute Gasteiger partial charge is 0.385 e. The fraction of sp³-hybridized carbons (Fsp3) is 0.733. The predicted molar refractivity (Wildman–Crippen MR) is 72.5 cm³/mol. The van der Waals surface area contributed by atoms with Crippen molar-refractivity contribution in [3.05, 3.63) is 23.9 Å². The summed E-state index contributed by atoms with van der Waals surface area (Å²) in [6, 6.07) is 0. The predicted octanol–water partition coefficient (Wildman–Crippen LogP) is 4.56. The Hall–Kier alpha value is -0.720. The third kappa shape index (κ3) is 6.71. The molecule has 16 heavy (non-hydrogen) atoms. The van der Waals surface area contributed by atoms with Gasteiger partial charge in [0.05, 0.1) is 0 Å². The molecule has 0 spiro atoms. The van der Waals surface area contributed by atoms with Crippen LogP contribution in [-0.4, -0.2) is 6.54 Å². The maximum absolute atomic E-state index is 3.50. The van der Waals surface area contributed by atoms with Gasteiger partial charge in [-0.25, -0.2) is 0 Å². The molecule has 0 bridgehead atoms. The molecule has 0 saturated carbocycles. The van der Waals surface area contributed by atoms with Crippen LogP contribution in [0, 0.1) is 0 Å². The van der Waals surface area contributed by atoms with Gasteiger partial charge in [-0.15, -0.1) is 0 Å². The Bertz CT molecular complexity index is 215. The molecule has 0 heterocycles. The van der Waals surface area contributed by atoms with E-state index in [-0.39, 0.29) is 0 Å². The van der Waals surface area contributed by atoms with Crippen LogP contribution >= 0.6 is 0 Å². The van der Waals surface area contributed by atoms with E-state index in [2.05, 4.69) is 30.5 Å². The van der Waals surface area contributed by atoms with Gasteiger partial charge in [-0.05, 0) is 25.3 Å². The molecule has 0 amide bonds. The molecule has 0 atom stereocenters. The molecule has 0 aromatic heterocycles. The van der Waals surface area contributed by atoms with Crippen LogP contribution in [-0.2, 0) is 0 Å². The molecule has 0 unspecified atom stereocenters. The van der Waals surface area contributed by atoms with E-state index in [1.54, 1.807) is 0 Å². The Morgan fingerprint density at radius 1 is 1.00 bits per heavy atom. The van der Waals surface area contributed by atoms with Gasteiger partial charge >= 0.3 is 0 Å². The van der Waals surface area contributed by atoms with Crippen molar-refractivity contribution in [2.75, 3.05) is 6.54 Å². The number of unbranched alkanes of at least 4 members (excludes halogenated alkanes) is 6. The quantitative estimate of drug-likeness (QED) is 0.563. The maximum atomic E-state index is 3.50. The number of hydrogen-bond acceptors (Lipinski definition) is 1. The minimum atomic E-state index is 1.14. The zero-order valence-corrected chi connectivity index (χ0v) is 10.8. The monoisotopic (exact) mass is 221 g/mol. The fourth-order valence-corrected chi connectivity index (χ4v) is 2.06. The summed E-state index contributed by atoms with van der Waals surface area (Å²) < 4.78 is 0. The lowest BCUT2D eigenvalue weighted by Crippen LogP contribution is -2.14. The summed E-state index contributed by atoms with van der Waals surface area (Å²) in [4.78, 5) is 0. The van der Waals surface area contributed by atoms with Crippen LogP contribution in [0.5, 0.6) is 0 Å². The minimum Gasteiger partial charge on any atom is -0.385 e. The van der Waals surface area contributed by atoms with Gasteiger partial charge in [0.15, 0.2) is 0 Å². The zero-order chi connectivity index (χ0) is 11.5. The van der Waals surface area contributed by atoms with Crippen molar-refractivity contribution >= 4 is 0 Å². The second-order valence-corrected chi connectivity index (χ2v) is 4.69. The first-order chi connectivity index (χ1) is 7.93. The van der Waals surface area contributed by atoms with Gasteiger partial charge in [-0.3, -0.25) is 0 Å². The first-order valence-corrected chi connectivity index (χ1v) is 7.04. The van der Waals surface area contributed by atoms with E-state index in [0.717, 1.165) is 6.54 Å². The Morgan fingerprint density at radius 2 is 1.75 bits per heavy atom. The Labute approximate surface area is 101 Å². The summed E-state index contributed by atoms with van der Waals surface area (Å²) in [6.07, 6.45) is 18.9. The van der Waals surface area contributed by atoms with Gasteiger partial charge in [-0.1, -0.05) is 57.6 Å². The molecule has 0 aliphatic heterocycles. The lowest BCUT2D eigenvalue weighted by Gasteiger charge is -2.09. The van der Waals surface area contributed by atoms with Gasteiger partial charge < -0.3 is 5.32 Å². The van der Waals surface area contributed by atoms with Crippen LogP contribution in [0.2, 0.25) is 0 Å². The van der Waals surface area contributed by atoms with Crippen molar-refractivity contribution in [1.82, 2.24) is 5.32 Å². The van der Waals surface area contributed by atoms with Crippen LogP contribution < -0.4 is 5.32 Å². The molecule has 1 rings (SSSR count). The average Bonchev–Trinajstić information content (AvgIpc) is 2.34. The normalized spacial score (nSPS) is 14.9. The topological polar surface area (TPSA) is 12.0 Å². The molecule has 0 aromatic rings. The summed E-state index contributed by atoms with van der Waals surface area (Å²) in [6.45, 7) is 3.42. The molecule has 92 valence electrons. The van der Waals surface area contributed by atoms with Crippen molar-refractivity contribution < 1.29 is 0 Å². The average molecular weight is 221 g/mol. The van der Waals surface area contributed by atoms with Crippen LogP contribution in [0.3, 0.4) is 0 Å². The molecule has 0 saturated heterocycles. The van der Waals surface area contributed by atoms with E-state index in [1.807, 2.05) is 0 Å². The number of allylic oxidation sites excluding steroid dienone is 3. The Morgan fingerprint density at radius 3 is 2.44 bits per heavy atom. The zero-order valence-electron chi connectivity index (χ0n) is 10.8. The fourth-order valence-electron chi connectivity index (χ4n) is 2.06. The number of hydrogen-bond donors (Lipinski definition) is 1. The first kappa shape index (κ1) is 13.3. The van der Waals surface area contributed by atoms with Crippen molar-refractivity contribution in [2.45, 2.75) is 64.7 Å². The van der Waals surface area contributed by atoms with Gasteiger partial charge in [0.25, 0.3) is 0 Å². The van der Waals surface area contributed by atoms with Crippen LogP contribution in [0.25, 0.3) is 0 Å². The SMILES string of the molecule is CCCCCCCCCNC1=CCCC=C1. The summed E-state index contributed by atoms with van der Waals surface area (Å²) in [7, 11) is 0. The van der Waals surface area contributed by atoms with Crippen molar-refractivity contribution in [3.8, 4) is 0 Å². The molecule has 1 N–H and O–H groups in total. The molecule has 1 nitrogen and oxygen atoms in total. The highest BCUT2D eigenvalue weighted by atomic mass is 14.9. The van der Waals surface area contributed by atoms with Gasteiger partial charge in [-0.2, -0.15) is 0 Å². The van der Waals surface area contributed by atoms with Gasteiger partial charge in [0.1, 0.15) is 0 Å². The van der Waals surface area contributed by atoms with E-state index in [1.165, 1.54) is 63.5 Å². The summed E-state index contributed by atoms with van der Waals surface area (Å²) in [5.74, 6) is 0. The van der Waals surface area contributed by atoms with Crippen LogP contribution in [0.1, 0.15) is 64.7 Å². The molecular formula is C15H27N. The third-order valence-corrected chi connectivity index (χ3v) is 3.10. The molecule has 0 radical (unpaired) electrons. The third-order valence-electron chi connectivity index (χ3n) is 3.10. The summed E-state index contributed by atoms with van der Waals surface area (Å²) in [5, 5.41) is 3.50. The first-order valence-electron chi connectivity index (χ1n) is 7.04. The van der Waals surface area contributed by atoms with E-state index in [9.17, 15) is 0 Å².